The maximum absolute atomic E-state index is 4.08. The molecular formula is C13H18. The first-order chi connectivity index (χ1) is 6.16. The molecule has 13 heavy (non-hydrogen) atoms. The third kappa shape index (κ3) is 2.21. The molecule has 70 valence electrons. The van der Waals surface area contributed by atoms with Gasteiger partial charge >= 0.3 is 0 Å². The van der Waals surface area contributed by atoms with Crippen molar-refractivity contribution in [2.45, 2.75) is 33.6 Å². The molecule has 0 radical (unpaired) electrons. The molecule has 0 aliphatic heterocycles. The van der Waals surface area contributed by atoms with Crippen molar-refractivity contribution >= 4 is 0 Å². The molecule has 0 fully saturated rings. The van der Waals surface area contributed by atoms with Crippen LogP contribution in [0.25, 0.3) is 0 Å². The van der Waals surface area contributed by atoms with Gasteiger partial charge in [0.15, 0.2) is 0 Å². The molecular weight excluding hydrogens is 156 g/mol. The Balaban J connectivity index is 3.00. The van der Waals surface area contributed by atoms with Crippen molar-refractivity contribution in [2.75, 3.05) is 0 Å². The molecule has 0 bridgehead atoms. The van der Waals surface area contributed by atoms with Gasteiger partial charge in [0, 0.05) is 0 Å². The summed E-state index contributed by atoms with van der Waals surface area (Å²) >= 11 is 0. The Hall–Kier alpha value is -1.04. The summed E-state index contributed by atoms with van der Waals surface area (Å²) in [7, 11) is 0. The molecule has 0 nitrogen and oxygen atoms in total. The summed E-state index contributed by atoms with van der Waals surface area (Å²) in [5.74, 6) is 0. The van der Waals surface area contributed by atoms with E-state index in [0.29, 0.717) is 0 Å². The van der Waals surface area contributed by atoms with Gasteiger partial charge in [0.25, 0.3) is 0 Å². The number of hydrogen-bond donors (Lipinski definition) is 0. The Labute approximate surface area is 81.4 Å². The van der Waals surface area contributed by atoms with Crippen molar-refractivity contribution in [1.82, 2.24) is 0 Å². The van der Waals surface area contributed by atoms with Gasteiger partial charge in [-0.15, -0.1) is 0 Å². The van der Waals surface area contributed by atoms with Gasteiger partial charge in [-0.2, -0.15) is 0 Å². The van der Waals surface area contributed by atoms with E-state index >= 15 is 0 Å². The fourth-order valence-corrected chi connectivity index (χ4v) is 1.88. The van der Waals surface area contributed by atoms with Gasteiger partial charge in [-0.1, -0.05) is 30.4 Å². The van der Waals surface area contributed by atoms with Crippen LogP contribution in [-0.2, 0) is 0 Å². The highest BCUT2D eigenvalue weighted by Crippen LogP contribution is 2.29. The Morgan fingerprint density at radius 2 is 2.15 bits per heavy atom. The van der Waals surface area contributed by atoms with Gasteiger partial charge in [-0.3, -0.25) is 0 Å². The van der Waals surface area contributed by atoms with Crippen molar-refractivity contribution < 1.29 is 0 Å². The highest BCUT2D eigenvalue weighted by molar-refractivity contribution is 5.53. The number of hydrogen-bond acceptors (Lipinski definition) is 0. The van der Waals surface area contributed by atoms with Crippen molar-refractivity contribution in [1.29, 1.82) is 0 Å². The molecule has 0 saturated carbocycles. The van der Waals surface area contributed by atoms with Crippen molar-refractivity contribution in [2.24, 2.45) is 0 Å². The largest absolute Gasteiger partial charge is 0.0912 e. The van der Waals surface area contributed by atoms with Gasteiger partial charge in [0.2, 0.25) is 0 Å². The van der Waals surface area contributed by atoms with E-state index in [0.717, 1.165) is 5.57 Å². The van der Waals surface area contributed by atoms with Crippen LogP contribution in [-0.4, -0.2) is 0 Å². The molecule has 1 aliphatic rings. The number of allylic oxidation sites excluding steroid dienone is 7. The molecule has 0 amide bonds. The van der Waals surface area contributed by atoms with E-state index in [1.807, 2.05) is 13.0 Å². The van der Waals surface area contributed by atoms with Crippen molar-refractivity contribution in [3.63, 3.8) is 0 Å². The second-order valence-corrected chi connectivity index (χ2v) is 3.61. The van der Waals surface area contributed by atoms with Crippen LogP contribution in [0.5, 0.6) is 0 Å². The number of rotatable bonds is 2. The predicted octanol–water partition coefficient (Wildman–Crippen LogP) is 4.18. The molecule has 0 N–H and O–H groups in total. The molecule has 0 unspecified atom stereocenters. The molecule has 1 aliphatic carbocycles. The summed E-state index contributed by atoms with van der Waals surface area (Å²) < 4.78 is 0. The second-order valence-electron chi connectivity index (χ2n) is 3.61. The van der Waals surface area contributed by atoms with E-state index in [1.165, 1.54) is 29.6 Å². The molecule has 0 saturated heterocycles. The van der Waals surface area contributed by atoms with Gasteiger partial charge in [0.05, 0.1) is 0 Å². The SMILES string of the molecule is C=C(/C=C\C)C1=C(C)CCC=C1C. The van der Waals surface area contributed by atoms with E-state index in [1.54, 1.807) is 0 Å². The predicted molar refractivity (Wildman–Crippen MR) is 59.6 cm³/mol. The van der Waals surface area contributed by atoms with Crippen LogP contribution in [0.3, 0.4) is 0 Å². The molecule has 0 heteroatoms. The summed E-state index contributed by atoms with van der Waals surface area (Å²) in [6.07, 6.45) is 8.80. The van der Waals surface area contributed by atoms with Crippen molar-refractivity contribution in [3.05, 3.63) is 47.1 Å². The molecule has 0 atom stereocenters. The van der Waals surface area contributed by atoms with Crippen LogP contribution in [0.2, 0.25) is 0 Å². The van der Waals surface area contributed by atoms with E-state index < -0.39 is 0 Å². The zero-order valence-electron chi connectivity index (χ0n) is 8.85. The smallest absolute Gasteiger partial charge is 0.0175 e. The highest BCUT2D eigenvalue weighted by atomic mass is 14.2. The van der Waals surface area contributed by atoms with Crippen LogP contribution in [0.1, 0.15) is 33.6 Å². The minimum Gasteiger partial charge on any atom is -0.0912 e. The van der Waals surface area contributed by atoms with Crippen LogP contribution < -0.4 is 0 Å². The first kappa shape index (κ1) is 10.0. The lowest BCUT2D eigenvalue weighted by Gasteiger charge is -2.17. The summed E-state index contributed by atoms with van der Waals surface area (Å²) in [5, 5.41) is 0. The summed E-state index contributed by atoms with van der Waals surface area (Å²) in [5.41, 5.74) is 5.37. The average molecular weight is 174 g/mol. The van der Waals surface area contributed by atoms with Gasteiger partial charge < -0.3 is 0 Å². The Morgan fingerprint density at radius 1 is 1.46 bits per heavy atom. The van der Waals surface area contributed by atoms with Crippen LogP contribution >= 0.6 is 0 Å². The molecule has 0 aromatic rings. The Morgan fingerprint density at radius 3 is 2.69 bits per heavy atom. The molecule has 1 rings (SSSR count). The maximum atomic E-state index is 4.08. The quantitative estimate of drug-likeness (QED) is 0.551. The first-order valence-corrected chi connectivity index (χ1v) is 4.85. The minimum absolute atomic E-state index is 1.15. The van der Waals surface area contributed by atoms with Crippen LogP contribution in [0.4, 0.5) is 0 Å². The lowest BCUT2D eigenvalue weighted by Crippen LogP contribution is -1.98. The minimum atomic E-state index is 1.15. The third-order valence-corrected chi connectivity index (χ3v) is 2.48. The van der Waals surface area contributed by atoms with Crippen LogP contribution in [0, 0.1) is 0 Å². The molecule has 0 spiro atoms. The average Bonchev–Trinajstić information content (AvgIpc) is 2.04. The summed E-state index contributed by atoms with van der Waals surface area (Å²) in [6, 6.07) is 0. The topological polar surface area (TPSA) is 0 Å². The standard InChI is InChI=1S/C13H18/c1-5-7-10(2)13-11(3)8-6-9-12(13)4/h5,7-8H,2,6,9H2,1,3-4H3/b7-5-. The lowest BCUT2D eigenvalue weighted by atomic mass is 9.88. The van der Waals surface area contributed by atoms with Crippen LogP contribution in [0.15, 0.2) is 47.1 Å². The van der Waals surface area contributed by atoms with E-state index in [9.17, 15) is 0 Å². The monoisotopic (exact) mass is 174 g/mol. The fourth-order valence-electron chi connectivity index (χ4n) is 1.88. The summed E-state index contributed by atoms with van der Waals surface area (Å²) in [4.78, 5) is 0. The zero-order valence-corrected chi connectivity index (χ0v) is 8.85. The Kier molecular flexibility index (Phi) is 3.30. The van der Waals surface area contributed by atoms with Gasteiger partial charge in [-0.25, -0.2) is 0 Å². The molecule has 0 aromatic heterocycles. The molecule has 0 heterocycles. The van der Waals surface area contributed by atoms with E-state index in [4.69, 9.17) is 0 Å². The maximum Gasteiger partial charge on any atom is -0.0175 e. The van der Waals surface area contributed by atoms with E-state index in [-0.39, 0.29) is 0 Å². The zero-order chi connectivity index (χ0) is 9.84. The Bertz CT molecular complexity index is 298. The molecule has 0 aromatic carbocycles. The lowest BCUT2D eigenvalue weighted by molar-refractivity contribution is 0.925. The highest BCUT2D eigenvalue weighted by Gasteiger charge is 2.10. The third-order valence-electron chi connectivity index (χ3n) is 2.48. The van der Waals surface area contributed by atoms with Gasteiger partial charge in [-0.05, 0) is 50.3 Å². The summed E-state index contributed by atoms with van der Waals surface area (Å²) in [6.45, 7) is 10.5. The second kappa shape index (κ2) is 4.27. The van der Waals surface area contributed by atoms with Crippen molar-refractivity contribution in [3.8, 4) is 0 Å². The first-order valence-electron chi connectivity index (χ1n) is 4.85. The van der Waals surface area contributed by atoms with Gasteiger partial charge in [0.1, 0.15) is 0 Å². The fraction of sp³-hybridized carbons (Fsp3) is 0.385. The normalized spacial score (nSPS) is 17.9. The van der Waals surface area contributed by atoms with E-state index in [2.05, 4.69) is 32.6 Å².